The molecule has 1 aliphatic heterocycles. The molecule has 1 saturated heterocycles. The zero-order valence-corrected chi connectivity index (χ0v) is 13.1. The topological polar surface area (TPSA) is 27.3 Å². The van der Waals surface area contributed by atoms with E-state index in [-0.39, 0.29) is 0 Å². The van der Waals surface area contributed by atoms with Gasteiger partial charge in [0.1, 0.15) is 0 Å². The number of likely N-dealkylation sites (tertiary alicyclic amines) is 1. The predicted molar refractivity (Wildman–Crippen MR) is 90.2 cm³/mol. The number of benzene rings is 1. The van der Waals surface area contributed by atoms with Crippen molar-refractivity contribution in [3.8, 4) is 0 Å². The fraction of sp³-hybridized carbons (Fsp3) is 0.562. The van der Waals surface area contributed by atoms with Crippen molar-refractivity contribution in [2.45, 2.75) is 38.6 Å². The van der Waals surface area contributed by atoms with E-state index in [4.69, 9.17) is 12.2 Å². The quantitative estimate of drug-likeness (QED) is 0.643. The zero-order chi connectivity index (χ0) is 14.2. The summed E-state index contributed by atoms with van der Waals surface area (Å²) in [6.07, 6.45) is 5.23. The van der Waals surface area contributed by atoms with E-state index in [2.05, 4.69) is 22.5 Å². The Balaban J connectivity index is 1.60. The minimum Gasteiger partial charge on any atom is -0.362 e. The minimum atomic E-state index is 0.711. The third-order valence-electron chi connectivity index (χ3n) is 3.88. The molecule has 1 fully saturated rings. The van der Waals surface area contributed by atoms with Crippen LogP contribution in [0.1, 0.15) is 32.6 Å². The number of rotatable bonds is 5. The van der Waals surface area contributed by atoms with Crippen LogP contribution in [0.5, 0.6) is 0 Å². The lowest BCUT2D eigenvalue weighted by atomic mass is 10.0. The van der Waals surface area contributed by atoms with Gasteiger partial charge in [0.05, 0.1) is 0 Å². The Labute approximate surface area is 127 Å². The molecule has 0 spiro atoms. The maximum Gasteiger partial charge on any atom is 0.170 e. The Kier molecular flexibility index (Phi) is 6.27. The van der Waals surface area contributed by atoms with Gasteiger partial charge in [-0.15, -0.1) is 0 Å². The molecule has 3 nitrogen and oxygen atoms in total. The van der Waals surface area contributed by atoms with Crippen LogP contribution in [0, 0.1) is 0 Å². The number of anilines is 1. The van der Waals surface area contributed by atoms with Crippen LogP contribution in [0.3, 0.4) is 0 Å². The van der Waals surface area contributed by atoms with Crippen molar-refractivity contribution < 1.29 is 0 Å². The summed E-state index contributed by atoms with van der Waals surface area (Å²) in [5.41, 5.74) is 1.04. The van der Waals surface area contributed by atoms with Gasteiger partial charge in [-0.1, -0.05) is 24.6 Å². The molecule has 2 N–H and O–H groups in total. The molecule has 4 heteroatoms. The largest absolute Gasteiger partial charge is 0.362 e. The second kappa shape index (κ2) is 8.22. The van der Waals surface area contributed by atoms with Crippen molar-refractivity contribution in [3.63, 3.8) is 0 Å². The number of hydrogen-bond acceptors (Lipinski definition) is 2. The number of hydrogen-bond donors (Lipinski definition) is 2. The zero-order valence-electron chi connectivity index (χ0n) is 12.3. The number of para-hydroxylation sites is 1. The van der Waals surface area contributed by atoms with Crippen LogP contribution >= 0.6 is 12.2 Å². The summed E-state index contributed by atoms with van der Waals surface area (Å²) in [4.78, 5) is 2.60. The number of thiocarbonyl (C=S) groups is 1. The van der Waals surface area contributed by atoms with Crippen LogP contribution in [0.2, 0.25) is 0 Å². The van der Waals surface area contributed by atoms with E-state index in [1.165, 1.54) is 32.4 Å². The highest BCUT2D eigenvalue weighted by atomic mass is 32.1. The van der Waals surface area contributed by atoms with Crippen LogP contribution in [-0.2, 0) is 0 Å². The first-order chi connectivity index (χ1) is 9.75. The van der Waals surface area contributed by atoms with Crippen LogP contribution in [-0.4, -0.2) is 35.7 Å². The molecule has 1 aromatic carbocycles. The first-order valence-corrected chi connectivity index (χ1v) is 8.00. The lowest BCUT2D eigenvalue weighted by molar-refractivity contribution is 0.159. The number of piperidine rings is 1. The molecule has 1 heterocycles. The summed E-state index contributed by atoms with van der Waals surface area (Å²) >= 11 is 5.29. The highest BCUT2D eigenvalue weighted by Crippen LogP contribution is 2.16. The summed E-state index contributed by atoms with van der Waals surface area (Å²) in [6.45, 7) is 5.70. The Morgan fingerprint density at radius 3 is 2.85 bits per heavy atom. The molecule has 1 aromatic rings. The monoisotopic (exact) mass is 291 g/mol. The molecule has 1 aliphatic rings. The van der Waals surface area contributed by atoms with Crippen molar-refractivity contribution in [2.75, 3.05) is 25.0 Å². The normalized spacial score (nSPS) is 19.6. The molecule has 110 valence electrons. The van der Waals surface area contributed by atoms with E-state index in [1.54, 1.807) is 0 Å². The third kappa shape index (κ3) is 5.10. The van der Waals surface area contributed by atoms with E-state index in [0.29, 0.717) is 5.11 Å². The third-order valence-corrected chi connectivity index (χ3v) is 4.13. The van der Waals surface area contributed by atoms with Crippen molar-refractivity contribution in [1.82, 2.24) is 10.2 Å². The maximum atomic E-state index is 5.29. The lowest BCUT2D eigenvalue weighted by Gasteiger charge is -2.33. The molecule has 0 aromatic heterocycles. The van der Waals surface area contributed by atoms with E-state index >= 15 is 0 Å². The van der Waals surface area contributed by atoms with Gasteiger partial charge in [-0.3, -0.25) is 0 Å². The molecule has 0 aliphatic carbocycles. The minimum absolute atomic E-state index is 0.711. The highest BCUT2D eigenvalue weighted by Gasteiger charge is 2.16. The fourth-order valence-electron chi connectivity index (χ4n) is 2.67. The average Bonchev–Trinajstić information content (AvgIpc) is 2.46. The Hall–Kier alpha value is -1.13. The van der Waals surface area contributed by atoms with Crippen molar-refractivity contribution in [3.05, 3.63) is 30.3 Å². The summed E-state index contributed by atoms with van der Waals surface area (Å²) in [5.74, 6) is 0. The van der Waals surface area contributed by atoms with Crippen LogP contribution < -0.4 is 10.6 Å². The van der Waals surface area contributed by atoms with Gasteiger partial charge >= 0.3 is 0 Å². The molecule has 0 saturated carbocycles. The molecule has 1 atom stereocenters. The van der Waals surface area contributed by atoms with Crippen LogP contribution in [0.4, 0.5) is 5.69 Å². The SMILES string of the molecule is CC1CCCCN1CCCNC(=S)Nc1ccccc1. The summed E-state index contributed by atoms with van der Waals surface area (Å²) in [6, 6.07) is 10.8. The molecule has 20 heavy (non-hydrogen) atoms. The van der Waals surface area contributed by atoms with Crippen LogP contribution in [0.15, 0.2) is 30.3 Å². The summed E-state index contributed by atoms with van der Waals surface area (Å²) in [5, 5.41) is 7.19. The molecule has 0 bridgehead atoms. The van der Waals surface area contributed by atoms with Crippen molar-refractivity contribution >= 4 is 23.0 Å². The smallest absolute Gasteiger partial charge is 0.170 e. The van der Waals surface area contributed by atoms with Gasteiger partial charge in [-0.2, -0.15) is 0 Å². The van der Waals surface area contributed by atoms with Crippen molar-refractivity contribution in [2.24, 2.45) is 0 Å². The molecule has 1 unspecified atom stereocenters. The highest BCUT2D eigenvalue weighted by molar-refractivity contribution is 7.80. The summed E-state index contributed by atoms with van der Waals surface area (Å²) in [7, 11) is 0. The maximum absolute atomic E-state index is 5.29. The van der Waals surface area contributed by atoms with Gasteiger partial charge < -0.3 is 15.5 Å². The van der Waals surface area contributed by atoms with E-state index < -0.39 is 0 Å². The summed E-state index contributed by atoms with van der Waals surface area (Å²) < 4.78 is 0. The molecular weight excluding hydrogens is 266 g/mol. The first-order valence-electron chi connectivity index (χ1n) is 7.59. The van der Waals surface area contributed by atoms with Gasteiger partial charge in [0, 0.05) is 24.8 Å². The van der Waals surface area contributed by atoms with Gasteiger partial charge in [-0.05, 0) is 57.1 Å². The molecule has 0 amide bonds. The van der Waals surface area contributed by atoms with E-state index in [1.807, 2.05) is 30.3 Å². The number of nitrogens with zero attached hydrogens (tertiary/aromatic N) is 1. The van der Waals surface area contributed by atoms with Gasteiger partial charge in [0.2, 0.25) is 0 Å². The molecular formula is C16H25N3S. The van der Waals surface area contributed by atoms with Gasteiger partial charge in [0.15, 0.2) is 5.11 Å². The first kappa shape index (κ1) is 15.3. The molecule has 2 rings (SSSR count). The standard InChI is InChI=1S/C16H25N3S/c1-14-8-5-6-12-19(14)13-7-11-17-16(20)18-15-9-3-2-4-10-15/h2-4,9-10,14H,5-8,11-13H2,1H3,(H2,17,18,20). The van der Waals surface area contributed by atoms with Gasteiger partial charge in [-0.25, -0.2) is 0 Å². The van der Waals surface area contributed by atoms with Gasteiger partial charge in [0.25, 0.3) is 0 Å². The van der Waals surface area contributed by atoms with Crippen molar-refractivity contribution in [1.29, 1.82) is 0 Å². The lowest BCUT2D eigenvalue weighted by Crippen LogP contribution is -2.39. The van der Waals surface area contributed by atoms with Crippen LogP contribution in [0.25, 0.3) is 0 Å². The Morgan fingerprint density at radius 1 is 1.30 bits per heavy atom. The predicted octanol–water partition coefficient (Wildman–Crippen LogP) is 3.24. The average molecular weight is 291 g/mol. The second-order valence-electron chi connectivity index (χ2n) is 5.48. The van der Waals surface area contributed by atoms with E-state index in [0.717, 1.165) is 24.7 Å². The fourth-order valence-corrected chi connectivity index (χ4v) is 2.89. The van der Waals surface area contributed by atoms with E-state index in [9.17, 15) is 0 Å². The Morgan fingerprint density at radius 2 is 2.10 bits per heavy atom. The molecule has 0 radical (unpaired) electrons. The Bertz CT molecular complexity index is 407. The number of nitrogens with one attached hydrogen (secondary N) is 2. The second-order valence-corrected chi connectivity index (χ2v) is 5.89.